The predicted molar refractivity (Wildman–Crippen MR) is 70.7 cm³/mol. The standard InChI is InChI=1S/C13H12N2O2S/c1-18(12-7-3-2-6-11(12)16)15-13(17)10-5-4-8-14-9-10/h2-9,16H,1H3. The van der Waals surface area contributed by atoms with Crippen LogP contribution in [0.25, 0.3) is 0 Å². The van der Waals surface area contributed by atoms with Crippen LogP contribution >= 0.6 is 0 Å². The molecule has 0 aliphatic rings. The first-order chi connectivity index (χ1) is 8.68. The summed E-state index contributed by atoms with van der Waals surface area (Å²) in [6.45, 7) is 0. The summed E-state index contributed by atoms with van der Waals surface area (Å²) in [5.41, 5.74) is 0.451. The van der Waals surface area contributed by atoms with Gasteiger partial charge in [0.2, 0.25) is 0 Å². The molecule has 0 aliphatic heterocycles. The van der Waals surface area contributed by atoms with Crippen LogP contribution in [0.1, 0.15) is 10.4 Å². The number of aromatic nitrogens is 1. The normalized spacial score (nSPS) is 12.3. The lowest BCUT2D eigenvalue weighted by atomic mass is 10.3. The number of pyridine rings is 1. The summed E-state index contributed by atoms with van der Waals surface area (Å²) in [5, 5.41) is 9.69. The Labute approximate surface area is 107 Å². The summed E-state index contributed by atoms with van der Waals surface area (Å²) < 4.78 is 4.07. The van der Waals surface area contributed by atoms with Gasteiger partial charge in [-0.1, -0.05) is 22.8 Å². The van der Waals surface area contributed by atoms with E-state index in [4.69, 9.17) is 0 Å². The fourth-order valence-electron chi connectivity index (χ4n) is 1.42. The quantitative estimate of drug-likeness (QED) is 0.902. The van der Waals surface area contributed by atoms with Crippen molar-refractivity contribution in [1.29, 1.82) is 0 Å². The first kappa shape index (κ1) is 12.4. The number of aromatic hydroxyl groups is 1. The van der Waals surface area contributed by atoms with E-state index < -0.39 is 10.7 Å². The summed E-state index contributed by atoms with van der Waals surface area (Å²) in [6, 6.07) is 10.3. The molecule has 5 heteroatoms. The van der Waals surface area contributed by atoms with Crippen molar-refractivity contribution < 1.29 is 9.90 Å². The Balaban J connectivity index is 2.30. The zero-order valence-electron chi connectivity index (χ0n) is 9.78. The molecule has 1 aromatic heterocycles. The van der Waals surface area contributed by atoms with Gasteiger partial charge < -0.3 is 5.11 Å². The van der Waals surface area contributed by atoms with E-state index in [1.165, 1.54) is 6.20 Å². The second kappa shape index (κ2) is 5.55. The number of carbonyl (C=O) groups is 1. The SMILES string of the molecule is CS(=NC(=O)c1cccnc1)c1ccccc1O. The minimum atomic E-state index is -0.678. The van der Waals surface area contributed by atoms with Crippen LogP contribution in [0.3, 0.4) is 0 Å². The Hall–Kier alpha value is -2.01. The molecule has 1 unspecified atom stereocenters. The van der Waals surface area contributed by atoms with E-state index in [1.807, 2.05) is 6.07 Å². The molecule has 0 spiro atoms. The molecule has 0 radical (unpaired) electrons. The number of hydrogen-bond donors (Lipinski definition) is 1. The summed E-state index contributed by atoms with van der Waals surface area (Å²) in [6.07, 6.45) is 4.88. The van der Waals surface area contributed by atoms with Crippen molar-refractivity contribution in [3.63, 3.8) is 0 Å². The molecule has 0 saturated carbocycles. The minimum absolute atomic E-state index is 0.158. The summed E-state index contributed by atoms with van der Waals surface area (Å²) in [4.78, 5) is 16.4. The Morgan fingerprint density at radius 2 is 2.06 bits per heavy atom. The molecule has 1 N–H and O–H groups in total. The van der Waals surface area contributed by atoms with Crippen molar-refractivity contribution in [1.82, 2.24) is 4.98 Å². The van der Waals surface area contributed by atoms with Crippen LogP contribution in [0.2, 0.25) is 0 Å². The fraction of sp³-hybridized carbons (Fsp3) is 0.0769. The molecule has 0 saturated heterocycles. The lowest BCUT2D eigenvalue weighted by Crippen LogP contribution is -1.99. The van der Waals surface area contributed by atoms with Crippen molar-refractivity contribution >= 4 is 16.6 Å². The number of phenols is 1. The molecule has 1 atom stereocenters. The molecule has 2 aromatic rings. The first-order valence-corrected chi connectivity index (χ1v) is 6.87. The van der Waals surface area contributed by atoms with Crippen LogP contribution in [0.4, 0.5) is 0 Å². The highest BCUT2D eigenvalue weighted by Crippen LogP contribution is 2.20. The van der Waals surface area contributed by atoms with E-state index >= 15 is 0 Å². The maximum Gasteiger partial charge on any atom is 0.284 e. The molecule has 92 valence electrons. The predicted octanol–water partition coefficient (Wildman–Crippen LogP) is 2.42. The van der Waals surface area contributed by atoms with Crippen LogP contribution in [-0.2, 0) is 10.7 Å². The smallest absolute Gasteiger partial charge is 0.284 e. The van der Waals surface area contributed by atoms with E-state index in [2.05, 4.69) is 9.35 Å². The fourth-order valence-corrected chi connectivity index (χ4v) is 2.52. The molecule has 4 nitrogen and oxygen atoms in total. The second-order valence-corrected chi connectivity index (χ2v) is 5.16. The van der Waals surface area contributed by atoms with Crippen LogP contribution in [-0.4, -0.2) is 22.3 Å². The number of benzene rings is 1. The summed E-state index contributed by atoms with van der Waals surface area (Å²) in [5.74, 6) is -0.164. The topological polar surface area (TPSA) is 62.5 Å². The molecular weight excluding hydrogens is 248 g/mol. The third-order valence-electron chi connectivity index (χ3n) is 2.31. The number of carbonyl (C=O) groups excluding carboxylic acids is 1. The van der Waals surface area contributed by atoms with E-state index in [1.54, 1.807) is 42.8 Å². The van der Waals surface area contributed by atoms with Gasteiger partial charge in [-0.2, -0.15) is 4.36 Å². The van der Waals surface area contributed by atoms with E-state index in [9.17, 15) is 9.90 Å². The Morgan fingerprint density at radius 1 is 1.28 bits per heavy atom. The number of para-hydroxylation sites is 1. The van der Waals surface area contributed by atoms with Crippen LogP contribution < -0.4 is 0 Å². The second-order valence-electron chi connectivity index (χ2n) is 3.58. The first-order valence-electron chi connectivity index (χ1n) is 5.28. The molecular formula is C13H12N2O2S. The van der Waals surface area contributed by atoms with Gasteiger partial charge in [-0.25, -0.2) is 0 Å². The number of nitrogens with zero attached hydrogens (tertiary/aromatic N) is 2. The van der Waals surface area contributed by atoms with Gasteiger partial charge in [0.1, 0.15) is 5.75 Å². The molecule has 0 bridgehead atoms. The summed E-state index contributed by atoms with van der Waals surface area (Å²) >= 11 is 0. The van der Waals surface area contributed by atoms with Gasteiger partial charge in [0.05, 0.1) is 10.5 Å². The zero-order valence-corrected chi connectivity index (χ0v) is 10.6. The minimum Gasteiger partial charge on any atom is -0.507 e. The van der Waals surface area contributed by atoms with Gasteiger partial charge in [-0.3, -0.25) is 9.78 Å². The maximum absolute atomic E-state index is 11.9. The lowest BCUT2D eigenvalue weighted by molar-refractivity contribution is 0.100. The molecule has 18 heavy (non-hydrogen) atoms. The average molecular weight is 260 g/mol. The highest BCUT2D eigenvalue weighted by atomic mass is 32.2. The van der Waals surface area contributed by atoms with Gasteiger partial charge in [-0.15, -0.1) is 0 Å². The van der Waals surface area contributed by atoms with Gasteiger partial charge in [0.15, 0.2) is 0 Å². The van der Waals surface area contributed by atoms with Gasteiger partial charge in [0.25, 0.3) is 5.91 Å². The van der Waals surface area contributed by atoms with E-state index in [0.717, 1.165) is 0 Å². The highest BCUT2D eigenvalue weighted by Gasteiger charge is 2.07. The van der Waals surface area contributed by atoms with Crippen molar-refractivity contribution in [2.75, 3.05) is 6.26 Å². The van der Waals surface area contributed by atoms with Crippen LogP contribution in [0.5, 0.6) is 5.75 Å². The highest BCUT2D eigenvalue weighted by molar-refractivity contribution is 7.87. The Morgan fingerprint density at radius 3 is 2.72 bits per heavy atom. The molecule has 0 aliphatic carbocycles. The van der Waals surface area contributed by atoms with Gasteiger partial charge in [-0.05, 0) is 30.5 Å². The molecule has 1 amide bonds. The largest absolute Gasteiger partial charge is 0.507 e. The van der Waals surface area contributed by atoms with Crippen LogP contribution in [0, 0.1) is 0 Å². The van der Waals surface area contributed by atoms with Crippen LogP contribution in [0.15, 0.2) is 58.1 Å². The monoisotopic (exact) mass is 260 g/mol. The van der Waals surface area contributed by atoms with Crippen molar-refractivity contribution in [2.24, 2.45) is 4.36 Å². The number of phenolic OH excluding ortho intramolecular Hbond substituents is 1. The third-order valence-corrected chi connectivity index (χ3v) is 3.73. The average Bonchev–Trinajstić information content (AvgIpc) is 2.40. The third kappa shape index (κ3) is 2.81. The lowest BCUT2D eigenvalue weighted by Gasteiger charge is -2.04. The Kier molecular flexibility index (Phi) is 3.84. The zero-order chi connectivity index (χ0) is 13.0. The molecule has 0 fully saturated rings. The Bertz CT molecular complexity index is 597. The van der Waals surface area contributed by atoms with Crippen molar-refractivity contribution in [2.45, 2.75) is 4.90 Å². The number of amides is 1. The maximum atomic E-state index is 11.9. The number of rotatable bonds is 2. The van der Waals surface area contributed by atoms with E-state index in [-0.39, 0.29) is 11.7 Å². The molecule has 2 rings (SSSR count). The number of hydrogen-bond acceptors (Lipinski definition) is 3. The van der Waals surface area contributed by atoms with E-state index in [0.29, 0.717) is 10.5 Å². The van der Waals surface area contributed by atoms with Crippen molar-refractivity contribution in [3.8, 4) is 5.75 Å². The molecule has 1 heterocycles. The van der Waals surface area contributed by atoms with Crippen molar-refractivity contribution in [3.05, 3.63) is 54.4 Å². The summed E-state index contributed by atoms with van der Waals surface area (Å²) in [7, 11) is -0.678. The van der Waals surface area contributed by atoms with Gasteiger partial charge >= 0.3 is 0 Å². The van der Waals surface area contributed by atoms with Gasteiger partial charge in [0, 0.05) is 12.4 Å². The molecule has 1 aromatic carbocycles.